The van der Waals surface area contributed by atoms with Crippen LogP contribution in [0.1, 0.15) is 30.9 Å². The number of benzene rings is 5. The van der Waals surface area contributed by atoms with Crippen molar-refractivity contribution in [3.63, 3.8) is 0 Å². The van der Waals surface area contributed by atoms with Crippen molar-refractivity contribution in [3.8, 4) is 33.5 Å². The lowest BCUT2D eigenvalue weighted by atomic mass is 9.94. The van der Waals surface area contributed by atoms with Gasteiger partial charge in [-0.25, -0.2) is 8.96 Å². The molecule has 0 aliphatic heterocycles. The molecule has 0 N–H and O–H groups in total. The van der Waals surface area contributed by atoms with Gasteiger partial charge < -0.3 is 4.42 Å². The molecule has 0 spiro atoms. The van der Waals surface area contributed by atoms with E-state index in [1.54, 1.807) is 6.07 Å². The fourth-order valence-electron chi connectivity index (χ4n) is 6.09. The maximum Gasteiger partial charge on any atom is 0.224 e. The lowest BCUT2D eigenvalue weighted by Gasteiger charge is -2.11. The van der Waals surface area contributed by atoms with Gasteiger partial charge in [-0.2, -0.15) is 0 Å². The number of aryl methyl sites for hydroxylation is 2. The van der Waals surface area contributed by atoms with E-state index in [4.69, 9.17) is 4.42 Å². The third-order valence-corrected chi connectivity index (χ3v) is 8.29. The van der Waals surface area contributed by atoms with E-state index in [0.29, 0.717) is 17.1 Å². The molecular formula is C38H31FNO+. The molecule has 41 heavy (non-hydrogen) atoms. The summed E-state index contributed by atoms with van der Waals surface area (Å²) in [5, 5.41) is 4.25. The summed E-state index contributed by atoms with van der Waals surface area (Å²) >= 11 is 0. The molecule has 7 aromatic rings. The average Bonchev–Trinajstić information content (AvgIpc) is 3.36. The molecule has 200 valence electrons. The second-order valence-electron chi connectivity index (χ2n) is 11.3. The van der Waals surface area contributed by atoms with Crippen molar-refractivity contribution < 1.29 is 13.4 Å². The van der Waals surface area contributed by atoms with Crippen molar-refractivity contribution in [2.75, 3.05) is 0 Å². The maximum absolute atomic E-state index is 15.7. The highest BCUT2D eigenvalue weighted by Crippen LogP contribution is 2.43. The predicted molar refractivity (Wildman–Crippen MR) is 167 cm³/mol. The number of hydrogen-bond donors (Lipinski definition) is 0. The van der Waals surface area contributed by atoms with E-state index in [1.807, 2.05) is 42.5 Å². The number of furan rings is 1. The Bertz CT molecular complexity index is 2100. The molecule has 2 nitrogen and oxygen atoms in total. The van der Waals surface area contributed by atoms with Crippen molar-refractivity contribution in [3.05, 3.63) is 126 Å². The van der Waals surface area contributed by atoms with Crippen LogP contribution in [0.15, 0.2) is 114 Å². The van der Waals surface area contributed by atoms with Gasteiger partial charge in [0, 0.05) is 16.8 Å². The van der Waals surface area contributed by atoms with Crippen LogP contribution in [0.25, 0.3) is 66.2 Å². The van der Waals surface area contributed by atoms with Crippen LogP contribution < -0.4 is 4.57 Å². The van der Waals surface area contributed by atoms with Crippen molar-refractivity contribution >= 4 is 32.7 Å². The summed E-state index contributed by atoms with van der Waals surface area (Å²) in [4.78, 5) is 0. The zero-order chi connectivity index (χ0) is 28.2. The van der Waals surface area contributed by atoms with Crippen LogP contribution in [0.4, 0.5) is 4.39 Å². The summed E-state index contributed by atoms with van der Waals surface area (Å²) in [6, 6.07) is 34.8. The number of aromatic nitrogens is 1. The van der Waals surface area contributed by atoms with E-state index in [0.717, 1.165) is 55.3 Å². The Morgan fingerprint density at radius 3 is 2.12 bits per heavy atom. The van der Waals surface area contributed by atoms with E-state index < -0.39 is 0 Å². The Morgan fingerprint density at radius 2 is 1.34 bits per heavy atom. The molecule has 0 saturated carbocycles. The number of fused-ring (bicyclic) bond motifs is 4. The molecule has 5 aromatic carbocycles. The molecule has 0 unspecified atom stereocenters. The number of nitrogens with zero attached hydrogens (tertiary/aromatic N) is 1. The van der Waals surface area contributed by atoms with Crippen molar-refractivity contribution in [2.45, 2.75) is 26.7 Å². The molecule has 0 aliphatic carbocycles. The zero-order valence-electron chi connectivity index (χ0n) is 23.7. The van der Waals surface area contributed by atoms with E-state index in [1.165, 1.54) is 10.9 Å². The van der Waals surface area contributed by atoms with Gasteiger partial charge in [-0.15, -0.1) is 0 Å². The summed E-state index contributed by atoms with van der Waals surface area (Å²) in [7, 11) is 2.08. The standard InChI is InChI=1S/C38H31FNO/c1-23(2)26-14-16-30-28(21-26)19-20-40(4)36(30)34-24(3)13-15-31-32-17-18-33(39)35(38(32)41-37(31)34)29-12-8-11-27(22-29)25-9-6-5-7-10-25/h5-23H,1-4H3/q+1. The van der Waals surface area contributed by atoms with Crippen LogP contribution in [0, 0.1) is 12.7 Å². The highest BCUT2D eigenvalue weighted by atomic mass is 19.1. The molecule has 2 heterocycles. The van der Waals surface area contributed by atoms with E-state index in [2.05, 4.69) is 93.2 Å². The fourth-order valence-corrected chi connectivity index (χ4v) is 6.09. The number of rotatable bonds is 4. The van der Waals surface area contributed by atoms with Gasteiger partial charge in [0.05, 0.1) is 16.5 Å². The van der Waals surface area contributed by atoms with Crippen LogP contribution in [0.3, 0.4) is 0 Å². The van der Waals surface area contributed by atoms with E-state index in [9.17, 15) is 0 Å². The smallest absolute Gasteiger partial charge is 0.224 e. The van der Waals surface area contributed by atoms with Crippen LogP contribution in [-0.4, -0.2) is 0 Å². The molecule has 7 rings (SSSR count). The van der Waals surface area contributed by atoms with Crippen LogP contribution in [-0.2, 0) is 7.05 Å². The third-order valence-electron chi connectivity index (χ3n) is 8.29. The average molecular weight is 537 g/mol. The molecule has 0 aliphatic rings. The lowest BCUT2D eigenvalue weighted by molar-refractivity contribution is -0.659. The molecule has 0 bridgehead atoms. The van der Waals surface area contributed by atoms with Crippen LogP contribution in [0.5, 0.6) is 0 Å². The van der Waals surface area contributed by atoms with Gasteiger partial charge in [0.25, 0.3) is 0 Å². The minimum atomic E-state index is -0.294. The third kappa shape index (κ3) is 4.12. The van der Waals surface area contributed by atoms with Crippen LogP contribution >= 0.6 is 0 Å². The summed E-state index contributed by atoms with van der Waals surface area (Å²) in [5.74, 6) is 0.156. The second kappa shape index (κ2) is 9.71. The summed E-state index contributed by atoms with van der Waals surface area (Å²) < 4.78 is 24.6. The Labute approximate surface area is 239 Å². The van der Waals surface area contributed by atoms with Gasteiger partial charge in [-0.1, -0.05) is 86.6 Å². The zero-order valence-corrected chi connectivity index (χ0v) is 23.7. The first kappa shape index (κ1) is 25.2. The van der Waals surface area contributed by atoms with Crippen molar-refractivity contribution in [1.29, 1.82) is 0 Å². The molecule has 0 radical (unpaired) electrons. The number of halogens is 1. The van der Waals surface area contributed by atoms with Gasteiger partial charge in [0.15, 0.2) is 6.20 Å². The predicted octanol–water partition coefficient (Wildman–Crippen LogP) is 10.1. The van der Waals surface area contributed by atoms with Gasteiger partial charge in [-0.3, -0.25) is 0 Å². The normalized spacial score (nSPS) is 11.8. The first-order chi connectivity index (χ1) is 19.9. The molecule has 3 heteroatoms. The minimum Gasteiger partial charge on any atom is -0.454 e. The number of pyridine rings is 1. The summed E-state index contributed by atoms with van der Waals surface area (Å²) in [5.41, 5.74) is 9.32. The fraction of sp³-hybridized carbons (Fsp3) is 0.132. The van der Waals surface area contributed by atoms with E-state index >= 15 is 4.39 Å². The van der Waals surface area contributed by atoms with Gasteiger partial charge in [0.1, 0.15) is 24.0 Å². The van der Waals surface area contributed by atoms with Gasteiger partial charge in [-0.05, 0) is 70.3 Å². The Hall–Kier alpha value is -4.76. The first-order valence-corrected chi connectivity index (χ1v) is 14.1. The second-order valence-corrected chi connectivity index (χ2v) is 11.3. The molecule has 0 atom stereocenters. The topological polar surface area (TPSA) is 17.0 Å². The Kier molecular flexibility index (Phi) is 5.97. The van der Waals surface area contributed by atoms with Gasteiger partial charge >= 0.3 is 0 Å². The van der Waals surface area contributed by atoms with Crippen molar-refractivity contribution in [2.24, 2.45) is 7.05 Å². The molecular weight excluding hydrogens is 505 g/mol. The SMILES string of the molecule is Cc1ccc2c(oc3c(-c4cccc(-c5ccccc5)c4)c(F)ccc32)c1-c1c2ccc(C(C)C)cc2cc[n+]1C. The lowest BCUT2D eigenvalue weighted by Crippen LogP contribution is -2.30. The molecule has 0 fully saturated rings. The largest absolute Gasteiger partial charge is 0.454 e. The summed E-state index contributed by atoms with van der Waals surface area (Å²) in [6.45, 7) is 6.56. The van der Waals surface area contributed by atoms with Crippen LogP contribution in [0.2, 0.25) is 0 Å². The maximum atomic E-state index is 15.7. The molecule has 0 saturated heterocycles. The molecule has 2 aromatic heterocycles. The minimum absolute atomic E-state index is 0.294. The first-order valence-electron chi connectivity index (χ1n) is 14.1. The van der Waals surface area contributed by atoms with E-state index in [-0.39, 0.29) is 5.82 Å². The summed E-state index contributed by atoms with van der Waals surface area (Å²) in [6.07, 6.45) is 2.11. The number of hydrogen-bond acceptors (Lipinski definition) is 1. The highest BCUT2D eigenvalue weighted by molar-refractivity contribution is 6.14. The monoisotopic (exact) mass is 536 g/mol. The Morgan fingerprint density at radius 1 is 0.659 bits per heavy atom. The Balaban J connectivity index is 1.51. The quantitative estimate of drug-likeness (QED) is 0.205. The van der Waals surface area contributed by atoms with Crippen molar-refractivity contribution in [1.82, 2.24) is 0 Å². The highest BCUT2D eigenvalue weighted by Gasteiger charge is 2.25. The van der Waals surface area contributed by atoms with Gasteiger partial charge in [0.2, 0.25) is 5.69 Å². The molecule has 0 amide bonds.